The first-order valence-corrected chi connectivity index (χ1v) is 7.15. The molecule has 20 heavy (non-hydrogen) atoms. The summed E-state index contributed by atoms with van der Waals surface area (Å²) in [5.41, 5.74) is 0.969. The van der Waals surface area contributed by atoms with Gasteiger partial charge in [0.05, 0.1) is 18.8 Å². The zero-order valence-electron chi connectivity index (χ0n) is 12.5. The highest BCUT2D eigenvalue weighted by atomic mass is 16.5. The van der Waals surface area contributed by atoms with E-state index in [1.807, 2.05) is 51.1 Å². The average molecular weight is 276 g/mol. The van der Waals surface area contributed by atoms with Crippen molar-refractivity contribution in [3.63, 3.8) is 0 Å². The quantitative estimate of drug-likeness (QED) is 0.882. The normalized spacial score (nSPS) is 22.8. The second-order valence-electron chi connectivity index (χ2n) is 6.35. The Balaban J connectivity index is 1.76. The Labute approximate surface area is 120 Å². The van der Waals surface area contributed by atoms with Crippen LogP contribution in [-0.4, -0.2) is 30.1 Å². The Morgan fingerprint density at radius 1 is 1.35 bits per heavy atom. The van der Waals surface area contributed by atoms with E-state index in [1.165, 1.54) is 0 Å². The van der Waals surface area contributed by atoms with Crippen LogP contribution in [0.15, 0.2) is 30.3 Å². The monoisotopic (exact) mass is 276 g/mol. The number of nitrogens with one attached hydrogen (secondary N) is 2. The Morgan fingerprint density at radius 3 is 2.70 bits per heavy atom. The molecule has 0 bridgehead atoms. The fourth-order valence-electron chi connectivity index (χ4n) is 2.27. The summed E-state index contributed by atoms with van der Waals surface area (Å²) >= 11 is 0. The molecule has 1 saturated heterocycles. The number of amides is 1. The fourth-order valence-corrected chi connectivity index (χ4v) is 2.27. The van der Waals surface area contributed by atoms with Crippen molar-refractivity contribution in [3.8, 4) is 0 Å². The molecule has 0 radical (unpaired) electrons. The van der Waals surface area contributed by atoms with Gasteiger partial charge in [-0.2, -0.15) is 0 Å². The van der Waals surface area contributed by atoms with Crippen molar-refractivity contribution >= 4 is 5.91 Å². The van der Waals surface area contributed by atoms with E-state index < -0.39 is 0 Å². The average Bonchev–Trinajstić information content (AvgIpc) is 2.84. The lowest BCUT2D eigenvalue weighted by molar-refractivity contribution is -0.124. The Bertz CT molecular complexity index is 440. The van der Waals surface area contributed by atoms with Gasteiger partial charge in [-0.25, -0.2) is 0 Å². The number of hydrogen-bond acceptors (Lipinski definition) is 3. The van der Waals surface area contributed by atoms with Gasteiger partial charge in [0, 0.05) is 12.1 Å². The van der Waals surface area contributed by atoms with Crippen molar-refractivity contribution in [2.24, 2.45) is 0 Å². The van der Waals surface area contributed by atoms with Crippen LogP contribution in [0.3, 0.4) is 0 Å². The molecule has 1 amide bonds. The highest BCUT2D eigenvalue weighted by Crippen LogP contribution is 2.14. The summed E-state index contributed by atoms with van der Waals surface area (Å²) in [5, 5.41) is 6.23. The number of hydrogen-bond donors (Lipinski definition) is 2. The number of rotatable bonds is 4. The maximum Gasteiger partial charge on any atom is 0.237 e. The topological polar surface area (TPSA) is 50.4 Å². The highest BCUT2D eigenvalue weighted by molar-refractivity contribution is 5.82. The third-order valence-electron chi connectivity index (χ3n) is 3.23. The number of ether oxygens (including phenoxy) is 1. The fraction of sp³-hybridized carbons (Fsp3) is 0.562. The van der Waals surface area contributed by atoms with Crippen molar-refractivity contribution < 1.29 is 9.53 Å². The van der Waals surface area contributed by atoms with Crippen molar-refractivity contribution in [2.45, 2.75) is 51.5 Å². The first-order valence-electron chi connectivity index (χ1n) is 7.15. The first-order chi connectivity index (χ1) is 9.44. The van der Waals surface area contributed by atoms with E-state index in [1.54, 1.807) is 0 Å². The van der Waals surface area contributed by atoms with Crippen LogP contribution in [0, 0.1) is 0 Å². The summed E-state index contributed by atoms with van der Waals surface area (Å²) in [5.74, 6) is 0.0586. The lowest BCUT2D eigenvalue weighted by Gasteiger charge is -2.23. The van der Waals surface area contributed by atoms with Crippen LogP contribution in [0.5, 0.6) is 0 Å². The van der Waals surface area contributed by atoms with Crippen LogP contribution >= 0.6 is 0 Å². The summed E-state index contributed by atoms with van der Waals surface area (Å²) in [4.78, 5) is 12.1. The summed E-state index contributed by atoms with van der Waals surface area (Å²) in [6, 6.07) is 9.96. The molecule has 1 heterocycles. The SMILES string of the molecule is CC(C)(C)NC(=O)[C@@H]1C[C@H](OCc2ccccc2)CN1. The zero-order valence-corrected chi connectivity index (χ0v) is 12.5. The molecule has 0 saturated carbocycles. The van der Waals surface area contributed by atoms with Crippen LogP contribution in [0.25, 0.3) is 0 Å². The lowest BCUT2D eigenvalue weighted by atomic mass is 10.1. The molecule has 0 unspecified atom stereocenters. The van der Waals surface area contributed by atoms with Crippen LogP contribution in [-0.2, 0) is 16.1 Å². The van der Waals surface area contributed by atoms with Crippen molar-refractivity contribution in [1.82, 2.24) is 10.6 Å². The van der Waals surface area contributed by atoms with Gasteiger partial charge in [0.1, 0.15) is 0 Å². The van der Waals surface area contributed by atoms with E-state index in [4.69, 9.17) is 4.74 Å². The highest BCUT2D eigenvalue weighted by Gasteiger charge is 2.31. The van der Waals surface area contributed by atoms with E-state index >= 15 is 0 Å². The van der Waals surface area contributed by atoms with Crippen LogP contribution < -0.4 is 10.6 Å². The minimum absolute atomic E-state index is 0.0586. The molecule has 4 heteroatoms. The molecule has 0 spiro atoms. The molecule has 0 aromatic heterocycles. The van der Waals surface area contributed by atoms with Gasteiger partial charge in [0.15, 0.2) is 0 Å². The van der Waals surface area contributed by atoms with E-state index in [0.29, 0.717) is 6.61 Å². The van der Waals surface area contributed by atoms with E-state index in [-0.39, 0.29) is 23.6 Å². The minimum Gasteiger partial charge on any atom is -0.372 e. The van der Waals surface area contributed by atoms with Gasteiger partial charge in [-0.05, 0) is 32.8 Å². The second kappa shape index (κ2) is 6.37. The van der Waals surface area contributed by atoms with E-state index in [2.05, 4.69) is 10.6 Å². The number of benzene rings is 1. The van der Waals surface area contributed by atoms with Gasteiger partial charge in [-0.15, -0.1) is 0 Å². The van der Waals surface area contributed by atoms with Gasteiger partial charge in [0.2, 0.25) is 5.91 Å². The molecule has 2 atom stereocenters. The largest absolute Gasteiger partial charge is 0.372 e. The number of carbonyl (C=O) groups excluding carboxylic acids is 1. The summed E-state index contributed by atoms with van der Waals surface area (Å²) < 4.78 is 5.86. The molecular weight excluding hydrogens is 252 g/mol. The Morgan fingerprint density at radius 2 is 2.05 bits per heavy atom. The molecule has 110 valence electrons. The van der Waals surface area contributed by atoms with Gasteiger partial charge in [0.25, 0.3) is 0 Å². The summed E-state index contributed by atoms with van der Waals surface area (Å²) in [6.45, 7) is 7.30. The third kappa shape index (κ3) is 4.62. The smallest absolute Gasteiger partial charge is 0.237 e. The molecule has 0 aliphatic carbocycles. The van der Waals surface area contributed by atoms with Gasteiger partial charge in [-0.3, -0.25) is 4.79 Å². The van der Waals surface area contributed by atoms with Crippen molar-refractivity contribution in [2.75, 3.05) is 6.54 Å². The molecule has 2 N–H and O–H groups in total. The Kier molecular flexibility index (Phi) is 4.78. The van der Waals surface area contributed by atoms with Crippen LogP contribution in [0.4, 0.5) is 0 Å². The molecule has 1 aromatic carbocycles. The predicted octanol–water partition coefficient (Wildman–Crippen LogP) is 1.85. The molecule has 1 aliphatic heterocycles. The first kappa shape index (κ1) is 15.0. The Hall–Kier alpha value is -1.39. The zero-order chi connectivity index (χ0) is 14.6. The van der Waals surface area contributed by atoms with Gasteiger partial charge >= 0.3 is 0 Å². The number of carbonyl (C=O) groups is 1. The molecule has 1 aromatic rings. The summed E-state index contributed by atoms with van der Waals surface area (Å²) in [6.07, 6.45) is 0.834. The predicted molar refractivity (Wildman–Crippen MR) is 79.3 cm³/mol. The maximum absolute atomic E-state index is 12.1. The molecule has 1 aliphatic rings. The molecule has 2 rings (SSSR count). The molecular formula is C16H24N2O2. The van der Waals surface area contributed by atoms with Crippen molar-refractivity contribution in [3.05, 3.63) is 35.9 Å². The van der Waals surface area contributed by atoms with Gasteiger partial charge < -0.3 is 15.4 Å². The van der Waals surface area contributed by atoms with E-state index in [9.17, 15) is 4.79 Å². The summed E-state index contributed by atoms with van der Waals surface area (Å²) in [7, 11) is 0. The lowest BCUT2D eigenvalue weighted by Crippen LogP contribution is -2.48. The van der Waals surface area contributed by atoms with Crippen LogP contribution in [0.1, 0.15) is 32.8 Å². The van der Waals surface area contributed by atoms with Crippen molar-refractivity contribution in [1.29, 1.82) is 0 Å². The van der Waals surface area contributed by atoms with Gasteiger partial charge in [-0.1, -0.05) is 30.3 Å². The van der Waals surface area contributed by atoms with Crippen LogP contribution in [0.2, 0.25) is 0 Å². The maximum atomic E-state index is 12.1. The third-order valence-corrected chi connectivity index (χ3v) is 3.23. The molecule has 4 nitrogen and oxygen atoms in total. The minimum atomic E-state index is -0.193. The second-order valence-corrected chi connectivity index (χ2v) is 6.35. The standard InChI is InChI=1S/C16H24N2O2/c1-16(2,3)18-15(19)14-9-13(10-17-14)20-11-12-7-5-4-6-8-12/h4-8,13-14,17H,9-11H2,1-3H3,(H,18,19)/t13-,14-/m0/s1. The van der Waals surface area contributed by atoms with E-state index in [0.717, 1.165) is 18.5 Å². The molecule has 1 fully saturated rings.